The second kappa shape index (κ2) is 9.61. The lowest BCUT2D eigenvalue weighted by Gasteiger charge is -2.34. The molecule has 2 amide bonds. The number of esters is 1. The van der Waals surface area contributed by atoms with E-state index in [1.807, 2.05) is 27.7 Å². The molecule has 1 saturated heterocycles. The van der Waals surface area contributed by atoms with Crippen molar-refractivity contribution in [1.29, 1.82) is 0 Å². The molecule has 0 unspecified atom stereocenters. The summed E-state index contributed by atoms with van der Waals surface area (Å²) in [5.74, 6) is -0.314. The van der Waals surface area contributed by atoms with Gasteiger partial charge in [0.1, 0.15) is 12.1 Å². The minimum absolute atomic E-state index is 0.0647. The van der Waals surface area contributed by atoms with Crippen LogP contribution < -0.4 is 5.32 Å². The van der Waals surface area contributed by atoms with Crippen LogP contribution in [0.25, 0.3) is 0 Å². The first kappa shape index (κ1) is 22.5. The van der Waals surface area contributed by atoms with Gasteiger partial charge in [0.15, 0.2) is 0 Å². The van der Waals surface area contributed by atoms with Crippen molar-refractivity contribution in [2.75, 3.05) is 20.3 Å². The SMILES string of the molecule is COC(=O)[C@@H]1CC(C)(C)CN1C(=O)[C@@H](NC(=O)OCC(C)C)C1CCCCC1. The molecule has 0 radical (unpaired) electrons. The lowest BCUT2D eigenvalue weighted by atomic mass is 9.83. The number of likely N-dealkylation sites (tertiary alicyclic amines) is 1. The van der Waals surface area contributed by atoms with E-state index in [0.29, 0.717) is 19.6 Å². The smallest absolute Gasteiger partial charge is 0.407 e. The minimum Gasteiger partial charge on any atom is -0.467 e. The summed E-state index contributed by atoms with van der Waals surface area (Å²) in [5, 5.41) is 2.82. The number of carbonyl (C=O) groups excluding carboxylic acids is 3. The van der Waals surface area contributed by atoms with Gasteiger partial charge in [-0.25, -0.2) is 9.59 Å². The Morgan fingerprint density at radius 2 is 1.79 bits per heavy atom. The highest BCUT2D eigenvalue weighted by Crippen LogP contribution is 2.36. The maximum Gasteiger partial charge on any atom is 0.407 e. The molecule has 0 spiro atoms. The highest BCUT2D eigenvalue weighted by atomic mass is 16.5. The van der Waals surface area contributed by atoms with Crippen molar-refractivity contribution in [3.63, 3.8) is 0 Å². The van der Waals surface area contributed by atoms with Gasteiger partial charge in [0.25, 0.3) is 0 Å². The number of ether oxygens (including phenoxy) is 2. The number of carbonyl (C=O) groups is 3. The molecule has 2 fully saturated rings. The van der Waals surface area contributed by atoms with Crippen molar-refractivity contribution in [2.45, 2.75) is 78.3 Å². The fourth-order valence-corrected chi connectivity index (χ4v) is 4.29. The lowest BCUT2D eigenvalue weighted by molar-refractivity contribution is -0.152. The molecule has 0 bridgehead atoms. The van der Waals surface area contributed by atoms with E-state index in [0.717, 1.165) is 32.1 Å². The number of rotatable bonds is 6. The molecule has 2 rings (SSSR count). The first-order valence-electron chi connectivity index (χ1n) is 10.5. The summed E-state index contributed by atoms with van der Waals surface area (Å²) < 4.78 is 10.2. The van der Waals surface area contributed by atoms with Gasteiger partial charge in [-0.1, -0.05) is 47.0 Å². The number of nitrogens with one attached hydrogen (secondary N) is 1. The van der Waals surface area contributed by atoms with E-state index in [2.05, 4.69) is 5.32 Å². The van der Waals surface area contributed by atoms with Gasteiger partial charge in [-0.15, -0.1) is 0 Å². The van der Waals surface area contributed by atoms with Crippen LogP contribution in [0.2, 0.25) is 0 Å². The van der Waals surface area contributed by atoms with Crippen LogP contribution in [0.5, 0.6) is 0 Å². The molecule has 1 heterocycles. The molecule has 7 heteroatoms. The fraction of sp³-hybridized carbons (Fsp3) is 0.857. The monoisotopic (exact) mass is 396 g/mol. The molecule has 1 saturated carbocycles. The molecular weight excluding hydrogens is 360 g/mol. The third kappa shape index (κ3) is 5.85. The average Bonchev–Trinajstić information content (AvgIpc) is 2.99. The zero-order chi connectivity index (χ0) is 20.9. The van der Waals surface area contributed by atoms with Gasteiger partial charge < -0.3 is 19.7 Å². The second-order valence-corrected chi connectivity index (χ2v) is 9.39. The van der Waals surface area contributed by atoms with Crippen LogP contribution in [-0.4, -0.2) is 55.2 Å². The summed E-state index contributed by atoms with van der Waals surface area (Å²) in [5.41, 5.74) is -0.177. The van der Waals surface area contributed by atoms with E-state index in [4.69, 9.17) is 9.47 Å². The third-order valence-corrected chi connectivity index (χ3v) is 5.69. The Hall–Kier alpha value is -1.79. The molecule has 1 aliphatic carbocycles. The number of nitrogens with zero attached hydrogens (tertiary/aromatic N) is 1. The average molecular weight is 397 g/mol. The summed E-state index contributed by atoms with van der Waals surface area (Å²) in [6, 6.07) is -1.27. The number of amides is 2. The molecule has 2 atom stereocenters. The van der Waals surface area contributed by atoms with Crippen molar-refractivity contribution in [3.8, 4) is 0 Å². The summed E-state index contributed by atoms with van der Waals surface area (Å²) in [6.45, 7) is 8.78. The molecule has 0 aromatic carbocycles. The Balaban J connectivity index is 2.19. The zero-order valence-electron chi connectivity index (χ0n) is 18.0. The van der Waals surface area contributed by atoms with Gasteiger partial charge in [-0.05, 0) is 36.5 Å². The van der Waals surface area contributed by atoms with Crippen LogP contribution >= 0.6 is 0 Å². The Kier molecular flexibility index (Phi) is 7.72. The van der Waals surface area contributed by atoms with Gasteiger partial charge in [-0.2, -0.15) is 0 Å². The number of alkyl carbamates (subject to hydrolysis) is 1. The van der Waals surface area contributed by atoms with Crippen LogP contribution in [0.15, 0.2) is 0 Å². The van der Waals surface area contributed by atoms with E-state index >= 15 is 0 Å². The van der Waals surface area contributed by atoms with E-state index in [1.165, 1.54) is 7.11 Å². The summed E-state index contributed by atoms with van der Waals surface area (Å²) >= 11 is 0. The quantitative estimate of drug-likeness (QED) is 0.697. The number of hydrogen-bond donors (Lipinski definition) is 1. The second-order valence-electron chi connectivity index (χ2n) is 9.39. The Labute approximate surface area is 168 Å². The van der Waals surface area contributed by atoms with Crippen LogP contribution in [0.1, 0.15) is 66.2 Å². The van der Waals surface area contributed by atoms with Crippen LogP contribution in [0.3, 0.4) is 0 Å². The molecule has 0 aromatic heterocycles. The largest absolute Gasteiger partial charge is 0.467 e. The molecule has 160 valence electrons. The summed E-state index contributed by atoms with van der Waals surface area (Å²) in [6.07, 6.45) is 5.01. The molecule has 7 nitrogen and oxygen atoms in total. The van der Waals surface area contributed by atoms with Crippen molar-refractivity contribution >= 4 is 18.0 Å². The van der Waals surface area contributed by atoms with Gasteiger partial charge in [0.2, 0.25) is 5.91 Å². The molecule has 28 heavy (non-hydrogen) atoms. The molecule has 2 aliphatic rings. The van der Waals surface area contributed by atoms with Gasteiger partial charge in [0.05, 0.1) is 13.7 Å². The highest BCUT2D eigenvalue weighted by Gasteiger charge is 2.47. The van der Waals surface area contributed by atoms with E-state index in [1.54, 1.807) is 4.90 Å². The van der Waals surface area contributed by atoms with Gasteiger partial charge in [-0.3, -0.25) is 4.79 Å². The van der Waals surface area contributed by atoms with Gasteiger partial charge in [0, 0.05) is 6.54 Å². The summed E-state index contributed by atoms with van der Waals surface area (Å²) in [4.78, 5) is 39.7. The first-order valence-corrected chi connectivity index (χ1v) is 10.5. The Morgan fingerprint density at radius 3 is 2.36 bits per heavy atom. The van der Waals surface area contributed by atoms with Crippen LogP contribution in [0.4, 0.5) is 4.79 Å². The number of methoxy groups -OCH3 is 1. The summed E-state index contributed by atoms with van der Waals surface area (Å²) in [7, 11) is 1.34. The van der Waals surface area contributed by atoms with Crippen molar-refractivity contribution in [2.24, 2.45) is 17.3 Å². The molecular formula is C21H36N2O5. The minimum atomic E-state index is -0.666. The predicted octanol–water partition coefficient (Wildman–Crippen LogP) is 3.12. The van der Waals surface area contributed by atoms with Gasteiger partial charge >= 0.3 is 12.1 Å². The van der Waals surface area contributed by atoms with Crippen molar-refractivity contribution < 1.29 is 23.9 Å². The van der Waals surface area contributed by atoms with Crippen molar-refractivity contribution in [3.05, 3.63) is 0 Å². The number of hydrogen-bond acceptors (Lipinski definition) is 5. The van der Waals surface area contributed by atoms with E-state index in [9.17, 15) is 14.4 Å². The van der Waals surface area contributed by atoms with E-state index < -0.39 is 24.1 Å². The van der Waals surface area contributed by atoms with Crippen molar-refractivity contribution in [1.82, 2.24) is 10.2 Å². The highest BCUT2D eigenvalue weighted by molar-refractivity contribution is 5.90. The normalized spacial score (nSPS) is 23.4. The first-order chi connectivity index (χ1) is 13.1. The maximum absolute atomic E-state index is 13.5. The lowest BCUT2D eigenvalue weighted by Crippen LogP contribution is -2.55. The maximum atomic E-state index is 13.5. The van der Waals surface area contributed by atoms with E-state index in [-0.39, 0.29) is 23.2 Å². The molecule has 1 aliphatic heterocycles. The third-order valence-electron chi connectivity index (χ3n) is 5.69. The zero-order valence-corrected chi connectivity index (χ0v) is 18.0. The fourth-order valence-electron chi connectivity index (χ4n) is 4.29. The standard InChI is InChI=1S/C21H36N2O5/c1-14(2)12-28-20(26)22-17(15-9-7-6-8-10-15)18(24)23-13-21(3,4)11-16(23)19(25)27-5/h14-17H,6-13H2,1-5H3,(H,22,26)/t16-,17-/m0/s1. The van der Waals surface area contributed by atoms with Crippen LogP contribution in [0, 0.1) is 17.3 Å². The topological polar surface area (TPSA) is 84.9 Å². The van der Waals surface area contributed by atoms with Crippen LogP contribution in [-0.2, 0) is 19.1 Å². The molecule has 1 N–H and O–H groups in total. The Bertz CT molecular complexity index is 569. The Morgan fingerprint density at radius 1 is 1.14 bits per heavy atom. The molecule has 0 aromatic rings. The predicted molar refractivity (Wildman–Crippen MR) is 106 cm³/mol.